The van der Waals surface area contributed by atoms with Crippen LogP contribution in [0.2, 0.25) is 5.02 Å². The molecule has 8 heteroatoms. The zero-order valence-corrected chi connectivity index (χ0v) is 16.1. The molecule has 1 spiro atoms. The van der Waals surface area contributed by atoms with Crippen LogP contribution in [-0.2, 0) is 14.4 Å². The lowest BCUT2D eigenvalue weighted by molar-refractivity contribution is -0.162. The highest BCUT2D eigenvalue weighted by atomic mass is 35.5. The molecule has 3 rings (SSSR count). The Hall–Kier alpha value is -2.46. The Morgan fingerprint density at radius 1 is 1.29 bits per heavy atom. The van der Waals surface area contributed by atoms with E-state index < -0.39 is 23.7 Å². The van der Waals surface area contributed by atoms with E-state index in [1.165, 1.54) is 7.11 Å². The summed E-state index contributed by atoms with van der Waals surface area (Å²) in [5.74, 6) is 2.84. The van der Waals surface area contributed by atoms with E-state index in [2.05, 4.69) is 11.8 Å². The van der Waals surface area contributed by atoms with Gasteiger partial charge in [0.25, 0.3) is 5.91 Å². The maximum absolute atomic E-state index is 12.8. The maximum atomic E-state index is 12.8. The molecule has 2 fully saturated rings. The molecule has 2 aliphatic rings. The van der Waals surface area contributed by atoms with Gasteiger partial charge >= 0.3 is 6.43 Å². The number of carbonyl (C=O) groups is 3. The first-order valence-corrected chi connectivity index (χ1v) is 9.01. The van der Waals surface area contributed by atoms with Crippen molar-refractivity contribution in [3.05, 3.63) is 28.3 Å². The van der Waals surface area contributed by atoms with Crippen molar-refractivity contribution in [1.29, 1.82) is 0 Å². The van der Waals surface area contributed by atoms with Gasteiger partial charge in [-0.3, -0.25) is 14.4 Å². The number of Topliss-reactive ketones (excluding diaryl/α,β-unsaturated/α-hetero) is 2. The molecule has 1 saturated carbocycles. The van der Waals surface area contributed by atoms with E-state index in [0.717, 1.165) is 4.90 Å². The molecule has 5 nitrogen and oxygen atoms in total. The lowest BCUT2D eigenvalue weighted by Gasteiger charge is -2.52. The van der Waals surface area contributed by atoms with E-state index in [9.17, 15) is 23.2 Å². The average Bonchev–Trinajstić information content (AvgIpc) is 2.59. The van der Waals surface area contributed by atoms with Crippen LogP contribution in [0.25, 0.3) is 0 Å². The Morgan fingerprint density at radius 2 is 1.89 bits per heavy atom. The molecule has 1 aromatic rings. The van der Waals surface area contributed by atoms with E-state index in [-0.39, 0.29) is 42.5 Å². The summed E-state index contributed by atoms with van der Waals surface area (Å²) in [7, 11) is 1.41. The monoisotopic (exact) mass is 409 g/mol. The molecule has 0 radical (unpaired) electrons. The third-order valence-corrected chi connectivity index (χ3v) is 5.48. The van der Waals surface area contributed by atoms with Crippen LogP contribution in [0.1, 0.15) is 36.8 Å². The third kappa shape index (κ3) is 3.49. The van der Waals surface area contributed by atoms with Crippen molar-refractivity contribution >= 4 is 29.1 Å². The van der Waals surface area contributed by atoms with Crippen molar-refractivity contribution in [2.45, 2.75) is 32.1 Å². The molecule has 0 unspecified atom stereocenters. The Balaban J connectivity index is 1.85. The number of carbonyl (C=O) groups excluding carboxylic acids is 3. The number of ketones is 2. The Bertz CT molecular complexity index is 893. The number of ether oxygens (including phenoxy) is 1. The van der Waals surface area contributed by atoms with Gasteiger partial charge in [0.1, 0.15) is 23.2 Å². The standard InChI is InChI=1S/C20H18ClF2NO4/c1-3-4-11-5-12(21)16(15(6-11)28-2)17-13(25)7-20(8-14(17)26)9-24(10-20)19(27)18(22)23/h5-6,17-18H,7-10H2,1-2H3. The normalized spacial score (nSPS) is 18.7. The number of hydrogen-bond donors (Lipinski definition) is 0. The Labute approximate surface area is 166 Å². The summed E-state index contributed by atoms with van der Waals surface area (Å²) in [4.78, 5) is 38.0. The fraction of sp³-hybridized carbons (Fsp3) is 0.450. The quantitative estimate of drug-likeness (QED) is 0.569. The molecule has 1 saturated heterocycles. The Morgan fingerprint density at radius 3 is 2.39 bits per heavy atom. The summed E-state index contributed by atoms with van der Waals surface area (Å²) in [6.07, 6.45) is -3.05. The minimum absolute atomic E-state index is 0.0176. The number of likely N-dealkylation sites (tertiary alicyclic amines) is 1. The topological polar surface area (TPSA) is 63.7 Å². The van der Waals surface area contributed by atoms with Gasteiger partial charge < -0.3 is 9.64 Å². The highest BCUT2D eigenvalue weighted by Gasteiger charge is 2.54. The summed E-state index contributed by atoms with van der Waals surface area (Å²) in [5.41, 5.74) is 0.138. The molecule has 1 aliphatic carbocycles. The molecule has 1 aliphatic heterocycles. The predicted octanol–water partition coefficient (Wildman–Crippen LogP) is 2.83. The molecule has 148 valence electrons. The molecule has 1 heterocycles. The molecule has 0 bridgehead atoms. The number of rotatable bonds is 3. The van der Waals surface area contributed by atoms with Crippen molar-refractivity contribution < 1.29 is 27.9 Å². The lowest BCUT2D eigenvalue weighted by Crippen LogP contribution is -2.63. The van der Waals surface area contributed by atoms with E-state index in [1.807, 2.05) is 0 Å². The van der Waals surface area contributed by atoms with Gasteiger partial charge in [-0.15, -0.1) is 5.92 Å². The zero-order chi connectivity index (χ0) is 20.6. The summed E-state index contributed by atoms with van der Waals surface area (Å²) in [5, 5.41) is 0.211. The summed E-state index contributed by atoms with van der Waals surface area (Å²) >= 11 is 6.34. The van der Waals surface area contributed by atoms with Gasteiger partial charge in [-0.25, -0.2) is 0 Å². The van der Waals surface area contributed by atoms with Crippen molar-refractivity contribution in [2.75, 3.05) is 20.2 Å². The molecular weight excluding hydrogens is 392 g/mol. The van der Waals surface area contributed by atoms with Crippen LogP contribution in [0.4, 0.5) is 8.78 Å². The highest BCUT2D eigenvalue weighted by Crippen LogP contribution is 2.48. The van der Waals surface area contributed by atoms with Crippen LogP contribution in [0.15, 0.2) is 12.1 Å². The van der Waals surface area contributed by atoms with Gasteiger partial charge in [0, 0.05) is 47.5 Å². The number of amides is 1. The maximum Gasteiger partial charge on any atom is 0.315 e. The second-order valence-electron chi connectivity index (χ2n) is 7.16. The average molecular weight is 410 g/mol. The predicted molar refractivity (Wildman–Crippen MR) is 97.6 cm³/mol. The van der Waals surface area contributed by atoms with Crippen LogP contribution in [0.5, 0.6) is 5.75 Å². The van der Waals surface area contributed by atoms with Gasteiger partial charge in [-0.05, 0) is 19.1 Å². The van der Waals surface area contributed by atoms with Crippen molar-refractivity contribution in [1.82, 2.24) is 4.90 Å². The molecule has 28 heavy (non-hydrogen) atoms. The number of alkyl halides is 2. The summed E-state index contributed by atoms with van der Waals surface area (Å²) in [6.45, 7) is 1.63. The van der Waals surface area contributed by atoms with E-state index in [1.54, 1.807) is 19.1 Å². The van der Waals surface area contributed by atoms with Crippen LogP contribution >= 0.6 is 11.6 Å². The highest BCUT2D eigenvalue weighted by molar-refractivity contribution is 6.32. The van der Waals surface area contributed by atoms with E-state index >= 15 is 0 Å². The second-order valence-corrected chi connectivity index (χ2v) is 7.57. The number of benzene rings is 1. The molecule has 0 atom stereocenters. The third-order valence-electron chi connectivity index (χ3n) is 5.16. The van der Waals surface area contributed by atoms with E-state index in [4.69, 9.17) is 16.3 Å². The first kappa shape index (κ1) is 20.3. The van der Waals surface area contributed by atoms with Gasteiger partial charge in [0.05, 0.1) is 7.11 Å². The molecule has 0 N–H and O–H groups in total. The minimum Gasteiger partial charge on any atom is -0.496 e. The molecule has 1 amide bonds. The number of methoxy groups -OCH3 is 1. The fourth-order valence-corrected chi connectivity index (χ4v) is 4.37. The SMILES string of the molecule is CC#Cc1cc(Cl)c(C2C(=O)CC3(CC2=O)CN(C(=O)C(F)F)C3)c(OC)c1. The van der Waals surface area contributed by atoms with Gasteiger partial charge in [-0.2, -0.15) is 8.78 Å². The second kappa shape index (κ2) is 7.51. The number of nitrogens with zero attached hydrogens (tertiary/aromatic N) is 1. The zero-order valence-electron chi connectivity index (χ0n) is 15.4. The van der Waals surface area contributed by atoms with Crippen molar-refractivity contribution in [3.8, 4) is 17.6 Å². The molecule has 0 aromatic heterocycles. The minimum atomic E-state index is -3.09. The van der Waals surface area contributed by atoms with Crippen LogP contribution in [0, 0.1) is 17.3 Å². The summed E-state index contributed by atoms with van der Waals surface area (Å²) in [6, 6.07) is 3.20. The van der Waals surface area contributed by atoms with Crippen molar-refractivity contribution in [3.63, 3.8) is 0 Å². The lowest BCUT2D eigenvalue weighted by atomic mass is 9.63. The Kier molecular flexibility index (Phi) is 5.44. The van der Waals surface area contributed by atoms with Gasteiger partial charge in [-0.1, -0.05) is 17.5 Å². The van der Waals surface area contributed by atoms with Crippen LogP contribution in [-0.4, -0.2) is 49.0 Å². The van der Waals surface area contributed by atoms with Crippen molar-refractivity contribution in [2.24, 2.45) is 5.41 Å². The van der Waals surface area contributed by atoms with Gasteiger partial charge in [0.15, 0.2) is 0 Å². The van der Waals surface area contributed by atoms with E-state index in [0.29, 0.717) is 16.9 Å². The first-order valence-electron chi connectivity index (χ1n) is 8.64. The molecule has 1 aromatic carbocycles. The largest absolute Gasteiger partial charge is 0.496 e. The molecular formula is C20H18ClF2NO4. The van der Waals surface area contributed by atoms with Crippen LogP contribution < -0.4 is 4.74 Å². The van der Waals surface area contributed by atoms with Crippen LogP contribution in [0.3, 0.4) is 0 Å². The fourth-order valence-electron chi connectivity index (χ4n) is 4.05. The summed E-state index contributed by atoms with van der Waals surface area (Å²) < 4.78 is 30.4. The number of hydrogen-bond acceptors (Lipinski definition) is 4. The smallest absolute Gasteiger partial charge is 0.315 e. The number of halogens is 3. The van der Waals surface area contributed by atoms with Gasteiger partial charge in [0.2, 0.25) is 0 Å². The first-order chi connectivity index (χ1) is 13.2.